The highest BCUT2D eigenvalue weighted by atomic mass is 32.2. The third-order valence-electron chi connectivity index (χ3n) is 1.85. The van der Waals surface area contributed by atoms with Crippen LogP contribution in [0.4, 0.5) is 8.78 Å². The summed E-state index contributed by atoms with van der Waals surface area (Å²) in [7, 11) is 0. The van der Waals surface area contributed by atoms with Crippen LogP contribution < -0.4 is 0 Å². The Bertz CT molecular complexity index is 178. The number of alkyl halides is 2. The lowest BCUT2D eigenvalue weighted by Crippen LogP contribution is -2.34. The molecule has 1 N–H and O–H groups in total. The van der Waals surface area contributed by atoms with Crippen molar-refractivity contribution in [2.75, 3.05) is 0 Å². The third kappa shape index (κ3) is 2.76. The molecule has 6 heteroatoms. The molecule has 0 amide bonds. The second-order valence-corrected chi connectivity index (χ2v) is 3.40. The average molecular weight is 200 g/mol. The van der Waals surface area contributed by atoms with Gasteiger partial charge >= 0.3 is 11.4 Å². The van der Waals surface area contributed by atoms with Gasteiger partial charge in [-0.05, 0) is 12.8 Å². The van der Waals surface area contributed by atoms with Crippen LogP contribution in [-0.2, 0) is 15.5 Å². The maximum atomic E-state index is 12.8. The maximum absolute atomic E-state index is 12.8. The first-order valence-corrected chi connectivity index (χ1v) is 4.69. The van der Waals surface area contributed by atoms with Crippen molar-refractivity contribution in [3.63, 3.8) is 0 Å². The Labute approximate surface area is 71.6 Å². The lowest BCUT2D eigenvalue weighted by Gasteiger charge is -2.25. The first-order chi connectivity index (χ1) is 5.59. The topological polar surface area (TPSA) is 46.5 Å². The fourth-order valence-corrected chi connectivity index (χ4v) is 1.68. The SMILES string of the molecule is O=S(O)OC1CCC(F)CC1F. The minimum absolute atomic E-state index is 0.161. The van der Waals surface area contributed by atoms with Crippen LogP contribution in [0.15, 0.2) is 0 Å². The van der Waals surface area contributed by atoms with Crippen LogP contribution in [0.5, 0.6) is 0 Å². The van der Waals surface area contributed by atoms with Crippen molar-refractivity contribution in [3.05, 3.63) is 0 Å². The van der Waals surface area contributed by atoms with E-state index in [1.165, 1.54) is 0 Å². The summed E-state index contributed by atoms with van der Waals surface area (Å²) in [6, 6.07) is 0. The van der Waals surface area contributed by atoms with Gasteiger partial charge in [0.25, 0.3) is 0 Å². The van der Waals surface area contributed by atoms with Gasteiger partial charge in [-0.2, -0.15) is 4.21 Å². The minimum Gasteiger partial charge on any atom is -0.284 e. The van der Waals surface area contributed by atoms with Crippen molar-refractivity contribution < 1.29 is 21.7 Å². The number of hydrogen-bond acceptors (Lipinski definition) is 2. The van der Waals surface area contributed by atoms with E-state index in [0.29, 0.717) is 0 Å². The number of halogens is 2. The quantitative estimate of drug-likeness (QED) is 0.685. The van der Waals surface area contributed by atoms with Crippen molar-refractivity contribution in [2.45, 2.75) is 37.7 Å². The lowest BCUT2D eigenvalue weighted by molar-refractivity contribution is 0.0349. The Morgan fingerprint density at radius 3 is 2.58 bits per heavy atom. The highest BCUT2D eigenvalue weighted by molar-refractivity contribution is 7.74. The van der Waals surface area contributed by atoms with Gasteiger partial charge in [-0.3, -0.25) is 8.74 Å². The summed E-state index contributed by atoms with van der Waals surface area (Å²) in [6.45, 7) is 0. The summed E-state index contributed by atoms with van der Waals surface area (Å²) in [5.41, 5.74) is 0. The van der Waals surface area contributed by atoms with Crippen LogP contribution in [0.2, 0.25) is 0 Å². The van der Waals surface area contributed by atoms with Gasteiger partial charge in [0.2, 0.25) is 0 Å². The second kappa shape index (κ2) is 4.25. The highest BCUT2D eigenvalue weighted by Crippen LogP contribution is 2.26. The Balaban J connectivity index is 2.39. The Hall–Kier alpha value is -0.0700. The molecule has 3 nitrogen and oxygen atoms in total. The molecule has 0 spiro atoms. The predicted molar refractivity (Wildman–Crippen MR) is 39.3 cm³/mol. The van der Waals surface area contributed by atoms with Crippen molar-refractivity contribution in [1.82, 2.24) is 0 Å². The summed E-state index contributed by atoms with van der Waals surface area (Å²) in [5.74, 6) is 0. The molecule has 0 aliphatic heterocycles. The van der Waals surface area contributed by atoms with E-state index in [9.17, 15) is 13.0 Å². The molecule has 1 aliphatic rings. The van der Waals surface area contributed by atoms with E-state index in [1.54, 1.807) is 0 Å². The number of hydrogen-bond donors (Lipinski definition) is 1. The standard InChI is InChI=1S/C6H10F2O3S/c7-4-1-2-6(5(8)3-4)11-12(9)10/h4-6H,1-3H2,(H,9,10). The van der Waals surface area contributed by atoms with E-state index in [2.05, 4.69) is 4.18 Å². The van der Waals surface area contributed by atoms with Crippen LogP contribution in [0, 0.1) is 0 Å². The fraction of sp³-hybridized carbons (Fsp3) is 1.00. The van der Waals surface area contributed by atoms with Gasteiger partial charge in [-0.15, -0.1) is 0 Å². The fourth-order valence-electron chi connectivity index (χ4n) is 1.25. The zero-order valence-corrected chi connectivity index (χ0v) is 7.10. The smallest absolute Gasteiger partial charge is 0.284 e. The molecule has 72 valence electrons. The van der Waals surface area contributed by atoms with E-state index in [-0.39, 0.29) is 19.3 Å². The van der Waals surface area contributed by atoms with Gasteiger partial charge in [0.05, 0.1) is 0 Å². The molecular formula is C6H10F2O3S. The Morgan fingerprint density at radius 1 is 1.42 bits per heavy atom. The minimum atomic E-state index is -2.46. The molecule has 1 aliphatic carbocycles. The molecule has 4 atom stereocenters. The molecule has 0 aromatic heterocycles. The molecule has 0 radical (unpaired) electrons. The number of rotatable bonds is 2. The second-order valence-electron chi connectivity index (χ2n) is 2.78. The first kappa shape index (κ1) is 10.0. The zero-order valence-electron chi connectivity index (χ0n) is 6.28. The van der Waals surface area contributed by atoms with Gasteiger partial charge in [-0.25, -0.2) is 8.78 Å². The summed E-state index contributed by atoms with van der Waals surface area (Å²) >= 11 is -2.46. The molecule has 0 saturated heterocycles. The van der Waals surface area contributed by atoms with Crippen molar-refractivity contribution >= 4 is 11.4 Å². The molecule has 1 fully saturated rings. The normalized spacial score (nSPS) is 39.4. The Kier molecular flexibility index (Phi) is 3.54. The van der Waals surface area contributed by atoms with E-state index in [4.69, 9.17) is 4.55 Å². The molecule has 4 unspecified atom stereocenters. The lowest BCUT2D eigenvalue weighted by atomic mass is 9.95. The molecule has 0 bridgehead atoms. The highest BCUT2D eigenvalue weighted by Gasteiger charge is 2.32. The summed E-state index contributed by atoms with van der Waals surface area (Å²) < 4.78 is 48.1. The van der Waals surface area contributed by atoms with Gasteiger partial charge < -0.3 is 0 Å². The molecule has 0 aromatic carbocycles. The van der Waals surface area contributed by atoms with Crippen LogP contribution in [0.3, 0.4) is 0 Å². The van der Waals surface area contributed by atoms with Crippen LogP contribution in [0.1, 0.15) is 19.3 Å². The summed E-state index contributed by atoms with van der Waals surface area (Å²) in [4.78, 5) is 0. The average Bonchev–Trinajstić information content (AvgIpc) is 1.94. The van der Waals surface area contributed by atoms with Crippen LogP contribution >= 0.6 is 0 Å². The van der Waals surface area contributed by atoms with Crippen molar-refractivity contribution in [3.8, 4) is 0 Å². The predicted octanol–water partition coefficient (Wildman–Crippen LogP) is 1.37. The van der Waals surface area contributed by atoms with Gasteiger partial charge in [-0.1, -0.05) is 0 Å². The van der Waals surface area contributed by atoms with Gasteiger partial charge in [0, 0.05) is 6.42 Å². The molecular weight excluding hydrogens is 190 g/mol. The van der Waals surface area contributed by atoms with Crippen LogP contribution in [-0.4, -0.2) is 27.2 Å². The molecule has 12 heavy (non-hydrogen) atoms. The van der Waals surface area contributed by atoms with E-state index in [1.807, 2.05) is 0 Å². The summed E-state index contributed by atoms with van der Waals surface area (Å²) in [6.07, 6.45) is -3.42. The van der Waals surface area contributed by atoms with Gasteiger partial charge in [0.15, 0.2) is 0 Å². The Morgan fingerprint density at radius 2 is 2.08 bits per heavy atom. The third-order valence-corrected chi connectivity index (χ3v) is 2.27. The van der Waals surface area contributed by atoms with Crippen molar-refractivity contribution in [1.29, 1.82) is 0 Å². The molecule has 0 heterocycles. The molecule has 0 aromatic rings. The first-order valence-electron chi connectivity index (χ1n) is 3.65. The monoisotopic (exact) mass is 200 g/mol. The zero-order chi connectivity index (χ0) is 9.14. The summed E-state index contributed by atoms with van der Waals surface area (Å²) in [5, 5.41) is 0. The van der Waals surface area contributed by atoms with E-state index in [0.717, 1.165) is 0 Å². The van der Waals surface area contributed by atoms with Gasteiger partial charge in [0.1, 0.15) is 18.4 Å². The molecule has 1 rings (SSSR count). The van der Waals surface area contributed by atoms with E-state index < -0.39 is 29.8 Å². The molecule has 1 saturated carbocycles. The van der Waals surface area contributed by atoms with Crippen molar-refractivity contribution in [2.24, 2.45) is 0 Å². The largest absolute Gasteiger partial charge is 0.302 e. The van der Waals surface area contributed by atoms with E-state index >= 15 is 0 Å². The maximum Gasteiger partial charge on any atom is 0.302 e. The van der Waals surface area contributed by atoms with Crippen LogP contribution in [0.25, 0.3) is 0 Å².